The lowest BCUT2D eigenvalue weighted by Gasteiger charge is -2.09. The van der Waals surface area contributed by atoms with Gasteiger partial charge in [0.2, 0.25) is 11.7 Å². The Morgan fingerprint density at radius 3 is 2.50 bits per heavy atom. The summed E-state index contributed by atoms with van der Waals surface area (Å²) in [7, 11) is 1.38. The highest BCUT2D eigenvalue weighted by molar-refractivity contribution is 7.13. The van der Waals surface area contributed by atoms with Crippen LogP contribution >= 0.6 is 11.3 Å². The monoisotopic (exact) mass is 343 g/mol. The number of hydrogen-bond donors (Lipinski definition) is 1. The fraction of sp³-hybridized carbons (Fsp3) is 0.294. The minimum atomic E-state index is -1.38. The fourth-order valence-electron chi connectivity index (χ4n) is 2.00. The third-order valence-electron chi connectivity index (χ3n) is 3.13. The van der Waals surface area contributed by atoms with E-state index >= 15 is 0 Å². The van der Waals surface area contributed by atoms with Crippen molar-refractivity contribution in [2.24, 2.45) is 5.92 Å². The van der Waals surface area contributed by atoms with Gasteiger partial charge in [0.25, 0.3) is 0 Å². The number of carbonyl (C=O) groups is 2. The third-order valence-corrected chi connectivity index (χ3v) is 4.02. The lowest BCUT2D eigenvalue weighted by atomic mass is 10.0. The highest BCUT2D eigenvalue weighted by atomic mass is 32.1. The summed E-state index contributed by atoms with van der Waals surface area (Å²) in [4.78, 5) is 28.1. The molecule has 0 saturated heterocycles. The Morgan fingerprint density at radius 2 is 1.96 bits per heavy atom. The van der Waals surface area contributed by atoms with Crippen LogP contribution < -0.4 is 10.1 Å². The summed E-state index contributed by atoms with van der Waals surface area (Å²) in [6.07, 6.45) is 0.0903. The minimum absolute atomic E-state index is 0.0903. The van der Waals surface area contributed by atoms with Gasteiger partial charge in [0.05, 0.1) is 12.2 Å². The summed E-state index contributed by atoms with van der Waals surface area (Å²) in [5.74, 6) is -1.86. The number of nitrogens with one attached hydrogen (secondary N) is 1. The first-order valence-electron chi connectivity index (χ1n) is 7.34. The maximum Gasteiger partial charge on any atom is 0.245 e. The fourth-order valence-corrected chi connectivity index (χ4v) is 2.81. The number of hydrogen-bond acceptors (Lipinski definition) is 6. The van der Waals surface area contributed by atoms with Gasteiger partial charge in [-0.05, 0) is 38.1 Å². The van der Waals surface area contributed by atoms with E-state index in [0.29, 0.717) is 5.01 Å². The summed E-state index contributed by atoms with van der Waals surface area (Å²) in [5.41, 5.74) is 0.955. The number of ether oxygens (including phenoxy) is 1. The minimum Gasteiger partial charge on any atom is -0.491 e. The topological polar surface area (TPSA) is 92.1 Å². The molecule has 1 aromatic heterocycles. The Kier molecular flexibility index (Phi) is 5.66. The molecule has 0 saturated carbocycles. The van der Waals surface area contributed by atoms with E-state index in [1.807, 2.05) is 38.1 Å². The highest BCUT2D eigenvalue weighted by Gasteiger charge is 2.28. The number of ketones is 1. The van der Waals surface area contributed by atoms with Crippen molar-refractivity contribution >= 4 is 23.0 Å². The van der Waals surface area contributed by atoms with Gasteiger partial charge in [0.1, 0.15) is 16.5 Å². The number of carbonyl (C=O) groups excluding carboxylic acids is 2. The molecule has 1 atom stereocenters. The van der Waals surface area contributed by atoms with Crippen LogP contribution in [0.2, 0.25) is 0 Å². The Bertz CT molecular complexity index is 775. The molecule has 1 heterocycles. The molecule has 0 spiro atoms. The zero-order valence-electron chi connectivity index (χ0n) is 13.6. The molecule has 1 amide bonds. The second kappa shape index (κ2) is 7.70. The van der Waals surface area contributed by atoms with Gasteiger partial charge in [-0.2, -0.15) is 5.26 Å². The van der Waals surface area contributed by atoms with Crippen LogP contribution in [0.5, 0.6) is 5.75 Å². The Hall–Kier alpha value is -2.72. The molecule has 6 nitrogen and oxygen atoms in total. The van der Waals surface area contributed by atoms with Gasteiger partial charge < -0.3 is 10.1 Å². The van der Waals surface area contributed by atoms with Gasteiger partial charge in [-0.15, -0.1) is 11.3 Å². The van der Waals surface area contributed by atoms with Crippen molar-refractivity contribution in [2.75, 3.05) is 7.05 Å². The Balaban J connectivity index is 2.20. The normalized spacial score (nSPS) is 11.6. The molecule has 0 radical (unpaired) electrons. The van der Waals surface area contributed by atoms with Crippen LogP contribution in [0.1, 0.15) is 24.3 Å². The van der Waals surface area contributed by atoms with E-state index in [1.54, 1.807) is 11.4 Å². The molecule has 7 heteroatoms. The number of nitrogens with zero attached hydrogens (tertiary/aromatic N) is 2. The predicted octanol–water partition coefficient (Wildman–Crippen LogP) is 2.67. The van der Waals surface area contributed by atoms with E-state index in [2.05, 4.69) is 10.3 Å². The summed E-state index contributed by atoms with van der Waals surface area (Å²) in [6, 6.07) is 9.09. The summed E-state index contributed by atoms with van der Waals surface area (Å²) in [5, 5.41) is 13.5. The van der Waals surface area contributed by atoms with E-state index in [-0.39, 0.29) is 11.8 Å². The van der Waals surface area contributed by atoms with Gasteiger partial charge in [-0.3, -0.25) is 9.59 Å². The number of aromatic nitrogens is 1. The molecule has 0 aliphatic heterocycles. The van der Waals surface area contributed by atoms with Gasteiger partial charge in [-0.25, -0.2) is 4.98 Å². The van der Waals surface area contributed by atoms with Crippen molar-refractivity contribution in [3.63, 3.8) is 0 Å². The number of Topliss-reactive ketones (excluding diaryl/α,β-unsaturated/α-hetero) is 1. The molecule has 0 unspecified atom stereocenters. The van der Waals surface area contributed by atoms with Crippen molar-refractivity contribution in [2.45, 2.75) is 20.0 Å². The maximum atomic E-state index is 12.2. The van der Waals surface area contributed by atoms with Crippen LogP contribution in [-0.2, 0) is 4.79 Å². The first-order valence-corrected chi connectivity index (χ1v) is 8.22. The van der Waals surface area contributed by atoms with E-state index in [9.17, 15) is 9.59 Å². The molecule has 0 aliphatic carbocycles. The van der Waals surface area contributed by atoms with Crippen LogP contribution in [0.4, 0.5) is 0 Å². The van der Waals surface area contributed by atoms with Crippen LogP contribution in [0.15, 0.2) is 29.6 Å². The van der Waals surface area contributed by atoms with Gasteiger partial charge >= 0.3 is 0 Å². The second-order valence-corrected chi connectivity index (χ2v) is 6.13. The number of rotatable bonds is 6. The predicted molar refractivity (Wildman–Crippen MR) is 90.8 cm³/mol. The van der Waals surface area contributed by atoms with Crippen LogP contribution in [0, 0.1) is 17.2 Å². The zero-order chi connectivity index (χ0) is 17.7. The molecule has 2 rings (SSSR count). The molecule has 2 aromatic rings. The van der Waals surface area contributed by atoms with Crippen LogP contribution in [0.25, 0.3) is 10.6 Å². The zero-order valence-corrected chi connectivity index (χ0v) is 14.4. The third kappa shape index (κ3) is 3.97. The largest absolute Gasteiger partial charge is 0.491 e. The van der Waals surface area contributed by atoms with Crippen molar-refractivity contribution < 1.29 is 14.3 Å². The molecular weight excluding hydrogens is 326 g/mol. The number of amides is 1. The van der Waals surface area contributed by atoms with Crippen LogP contribution in [-0.4, -0.2) is 29.8 Å². The van der Waals surface area contributed by atoms with E-state index in [0.717, 1.165) is 11.3 Å². The number of thiazole rings is 1. The van der Waals surface area contributed by atoms with Gasteiger partial charge in [-0.1, -0.05) is 0 Å². The average Bonchev–Trinajstić information content (AvgIpc) is 3.05. The van der Waals surface area contributed by atoms with Crippen molar-refractivity contribution in [1.29, 1.82) is 5.26 Å². The second-order valence-electron chi connectivity index (χ2n) is 5.27. The molecule has 1 N–H and O–H groups in total. The standard InChI is InChI=1S/C17H17N3O3S/c1-10(2)23-12-6-4-11(5-7-12)17-20-14(9-24-17)15(21)13(8-18)16(22)19-3/h4-7,9-10,13H,1-3H3,(H,19,22)/t13-/m0/s1. The maximum absolute atomic E-state index is 12.2. The number of benzene rings is 1. The Morgan fingerprint density at radius 1 is 1.29 bits per heavy atom. The Labute approximate surface area is 144 Å². The molecule has 124 valence electrons. The molecule has 24 heavy (non-hydrogen) atoms. The van der Waals surface area contributed by atoms with Crippen LogP contribution in [0.3, 0.4) is 0 Å². The van der Waals surface area contributed by atoms with Gasteiger partial charge in [0, 0.05) is 18.0 Å². The lowest BCUT2D eigenvalue weighted by molar-refractivity contribution is -0.121. The van der Waals surface area contributed by atoms with E-state index in [1.165, 1.54) is 18.4 Å². The van der Waals surface area contributed by atoms with E-state index < -0.39 is 17.6 Å². The van der Waals surface area contributed by atoms with E-state index in [4.69, 9.17) is 10.00 Å². The molecule has 1 aromatic carbocycles. The summed E-state index contributed by atoms with van der Waals surface area (Å²) in [6.45, 7) is 3.90. The molecular formula is C17H17N3O3S. The van der Waals surface area contributed by atoms with Crippen molar-refractivity contribution in [1.82, 2.24) is 10.3 Å². The SMILES string of the molecule is CNC(=O)[C@@H](C#N)C(=O)c1csc(-c2ccc(OC(C)C)cc2)n1. The number of nitriles is 1. The molecule has 0 bridgehead atoms. The van der Waals surface area contributed by atoms with Crippen molar-refractivity contribution in [3.05, 3.63) is 35.3 Å². The highest BCUT2D eigenvalue weighted by Crippen LogP contribution is 2.27. The first-order chi connectivity index (χ1) is 11.5. The lowest BCUT2D eigenvalue weighted by Crippen LogP contribution is -2.32. The van der Waals surface area contributed by atoms with Gasteiger partial charge in [0.15, 0.2) is 5.92 Å². The summed E-state index contributed by atoms with van der Waals surface area (Å²) < 4.78 is 5.58. The molecule has 0 fully saturated rings. The molecule has 0 aliphatic rings. The average molecular weight is 343 g/mol. The smallest absolute Gasteiger partial charge is 0.245 e. The quantitative estimate of drug-likeness (QED) is 0.643. The van der Waals surface area contributed by atoms with Crippen molar-refractivity contribution in [3.8, 4) is 22.4 Å². The summed E-state index contributed by atoms with van der Waals surface area (Å²) >= 11 is 1.28. The first kappa shape index (κ1) is 17.6.